The van der Waals surface area contributed by atoms with Gasteiger partial charge in [0.1, 0.15) is 5.69 Å². The molecule has 0 spiro atoms. The largest absolute Gasteiger partial charge is 0.396 e. The Bertz CT molecular complexity index is 1300. The molecular weight excluding hydrogens is 374 g/mol. The first-order chi connectivity index (χ1) is 14.7. The second kappa shape index (κ2) is 7.72. The molecule has 0 aliphatic carbocycles. The van der Waals surface area contributed by atoms with Crippen molar-refractivity contribution in [3.63, 3.8) is 0 Å². The summed E-state index contributed by atoms with van der Waals surface area (Å²) in [7, 11) is 0. The van der Waals surface area contributed by atoms with Crippen LogP contribution in [0.25, 0.3) is 44.6 Å². The summed E-state index contributed by atoms with van der Waals surface area (Å²) in [5.74, 6) is 0.757. The Balaban J connectivity index is 1.57. The zero-order valence-corrected chi connectivity index (χ0v) is 16.8. The molecule has 150 valence electrons. The minimum Gasteiger partial charge on any atom is -0.396 e. The molecule has 0 unspecified atom stereocenters. The van der Waals surface area contributed by atoms with Gasteiger partial charge in [-0.05, 0) is 67.1 Å². The number of benzene rings is 2. The zero-order chi connectivity index (χ0) is 20.5. The normalized spacial score (nSPS) is 11.5. The van der Waals surface area contributed by atoms with E-state index in [1.54, 1.807) is 0 Å². The number of nitrogens with one attached hydrogen (secondary N) is 2. The molecule has 0 saturated carbocycles. The number of imidazole rings is 1. The molecule has 0 aliphatic heterocycles. The Morgan fingerprint density at radius 1 is 1.00 bits per heavy atom. The Labute approximate surface area is 174 Å². The van der Waals surface area contributed by atoms with E-state index in [1.165, 1.54) is 11.1 Å². The molecule has 0 aliphatic rings. The summed E-state index contributed by atoms with van der Waals surface area (Å²) < 4.78 is 0. The zero-order valence-electron chi connectivity index (χ0n) is 16.8. The molecular formula is C24H23N5O. The minimum atomic E-state index is 0.230. The number of fused-ring (bicyclic) bond motifs is 2. The number of aryl methyl sites for hydroxylation is 1. The summed E-state index contributed by atoms with van der Waals surface area (Å²) in [6.45, 7) is 2.37. The monoisotopic (exact) mass is 397 g/mol. The van der Waals surface area contributed by atoms with Crippen LogP contribution in [0.3, 0.4) is 0 Å². The number of hydrogen-bond acceptors (Lipinski definition) is 4. The highest BCUT2D eigenvalue weighted by Crippen LogP contribution is 2.32. The van der Waals surface area contributed by atoms with Crippen molar-refractivity contribution in [1.82, 2.24) is 25.1 Å². The van der Waals surface area contributed by atoms with Crippen LogP contribution in [0.4, 0.5) is 0 Å². The first-order valence-electron chi connectivity index (χ1n) is 10.2. The number of aromatic amines is 2. The van der Waals surface area contributed by atoms with Crippen molar-refractivity contribution in [3.05, 3.63) is 66.0 Å². The van der Waals surface area contributed by atoms with Crippen LogP contribution in [0.5, 0.6) is 0 Å². The first-order valence-corrected chi connectivity index (χ1v) is 10.2. The lowest BCUT2D eigenvalue weighted by atomic mass is 9.96. The fraction of sp³-hybridized carbons (Fsp3) is 0.208. The number of unbranched alkanes of at least 4 members (excludes halogenated alkanes) is 1. The highest BCUT2D eigenvalue weighted by molar-refractivity contribution is 5.95. The van der Waals surface area contributed by atoms with Crippen molar-refractivity contribution in [1.29, 1.82) is 0 Å². The van der Waals surface area contributed by atoms with E-state index in [1.807, 2.05) is 36.7 Å². The summed E-state index contributed by atoms with van der Waals surface area (Å²) in [5.41, 5.74) is 8.39. The van der Waals surface area contributed by atoms with Crippen molar-refractivity contribution < 1.29 is 5.11 Å². The second-order valence-corrected chi connectivity index (χ2v) is 7.59. The summed E-state index contributed by atoms with van der Waals surface area (Å²) in [4.78, 5) is 12.6. The Hall–Kier alpha value is -3.51. The van der Waals surface area contributed by atoms with Gasteiger partial charge >= 0.3 is 0 Å². The number of aliphatic hydroxyl groups excluding tert-OH is 1. The second-order valence-electron chi connectivity index (χ2n) is 7.59. The third-order valence-corrected chi connectivity index (χ3v) is 5.66. The number of nitrogens with zero attached hydrogens (tertiary/aromatic N) is 3. The third kappa shape index (κ3) is 3.25. The molecule has 3 aromatic heterocycles. The molecule has 30 heavy (non-hydrogen) atoms. The van der Waals surface area contributed by atoms with Gasteiger partial charge in [0.25, 0.3) is 0 Å². The van der Waals surface area contributed by atoms with Crippen molar-refractivity contribution in [2.75, 3.05) is 6.61 Å². The molecule has 5 rings (SSSR count). The molecule has 6 nitrogen and oxygen atoms in total. The molecule has 5 aromatic rings. The average molecular weight is 397 g/mol. The van der Waals surface area contributed by atoms with Crippen molar-refractivity contribution in [3.8, 4) is 22.6 Å². The molecule has 0 bridgehead atoms. The molecule has 3 heterocycles. The van der Waals surface area contributed by atoms with E-state index in [4.69, 9.17) is 10.1 Å². The van der Waals surface area contributed by atoms with Crippen molar-refractivity contribution >= 4 is 21.9 Å². The molecule has 2 aromatic carbocycles. The Morgan fingerprint density at radius 2 is 1.90 bits per heavy atom. The summed E-state index contributed by atoms with van der Waals surface area (Å²) in [5, 5.41) is 17.7. The number of H-pyrrole nitrogens is 2. The SMILES string of the molecule is Cc1c(CCCCO)cncc1-c1ccc2[nH]nc(-c3nc4ccccc4[nH]3)c2c1. The molecule has 0 atom stereocenters. The van der Waals surface area contributed by atoms with Gasteiger partial charge in [-0.3, -0.25) is 10.1 Å². The quantitative estimate of drug-likeness (QED) is 0.359. The van der Waals surface area contributed by atoms with Crippen LogP contribution in [0.15, 0.2) is 54.9 Å². The molecule has 6 heteroatoms. The van der Waals surface area contributed by atoms with Gasteiger partial charge in [0.15, 0.2) is 5.82 Å². The van der Waals surface area contributed by atoms with Gasteiger partial charge < -0.3 is 10.1 Å². The van der Waals surface area contributed by atoms with E-state index in [0.717, 1.165) is 63.8 Å². The first kappa shape index (κ1) is 18.5. The Morgan fingerprint density at radius 3 is 2.77 bits per heavy atom. The van der Waals surface area contributed by atoms with Gasteiger partial charge in [-0.15, -0.1) is 0 Å². The number of aliphatic hydroxyl groups is 1. The number of rotatable bonds is 6. The number of aromatic nitrogens is 5. The van der Waals surface area contributed by atoms with E-state index in [0.29, 0.717) is 0 Å². The maximum Gasteiger partial charge on any atom is 0.159 e. The van der Waals surface area contributed by atoms with Crippen LogP contribution in [0.2, 0.25) is 0 Å². The third-order valence-electron chi connectivity index (χ3n) is 5.66. The van der Waals surface area contributed by atoms with Crippen LogP contribution in [0, 0.1) is 6.92 Å². The van der Waals surface area contributed by atoms with Crippen molar-refractivity contribution in [2.24, 2.45) is 0 Å². The lowest BCUT2D eigenvalue weighted by Gasteiger charge is -2.11. The molecule has 0 radical (unpaired) electrons. The number of hydrogen-bond donors (Lipinski definition) is 3. The van der Waals surface area contributed by atoms with Gasteiger partial charge in [0.05, 0.1) is 16.6 Å². The van der Waals surface area contributed by atoms with Crippen LogP contribution in [0.1, 0.15) is 24.0 Å². The van der Waals surface area contributed by atoms with Crippen molar-refractivity contribution in [2.45, 2.75) is 26.2 Å². The van der Waals surface area contributed by atoms with E-state index in [2.05, 4.69) is 45.3 Å². The smallest absolute Gasteiger partial charge is 0.159 e. The molecule has 3 N–H and O–H groups in total. The summed E-state index contributed by atoms with van der Waals surface area (Å²) in [6, 6.07) is 14.3. The fourth-order valence-electron chi connectivity index (χ4n) is 3.97. The summed E-state index contributed by atoms with van der Waals surface area (Å²) >= 11 is 0. The molecule has 0 amide bonds. The van der Waals surface area contributed by atoms with Gasteiger partial charge in [0, 0.05) is 30.0 Å². The average Bonchev–Trinajstić information content (AvgIpc) is 3.38. The van der Waals surface area contributed by atoms with E-state index < -0.39 is 0 Å². The summed E-state index contributed by atoms with van der Waals surface area (Å²) in [6.07, 6.45) is 6.55. The topological polar surface area (TPSA) is 90.5 Å². The van der Waals surface area contributed by atoms with Gasteiger partial charge in [-0.2, -0.15) is 5.10 Å². The maximum atomic E-state index is 9.06. The van der Waals surface area contributed by atoms with Gasteiger partial charge in [0.2, 0.25) is 0 Å². The predicted octanol–water partition coefficient (Wildman–Crippen LogP) is 4.79. The molecule has 0 saturated heterocycles. The lowest BCUT2D eigenvalue weighted by molar-refractivity contribution is 0.284. The molecule has 0 fully saturated rings. The fourth-order valence-corrected chi connectivity index (χ4v) is 3.97. The van der Waals surface area contributed by atoms with Crippen LogP contribution >= 0.6 is 0 Å². The Kier molecular flexibility index (Phi) is 4.77. The van der Waals surface area contributed by atoms with E-state index in [-0.39, 0.29) is 6.61 Å². The van der Waals surface area contributed by atoms with E-state index in [9.17, 15) is 0 Å². The number of pyridine rings is 1. The maximum absolute atomic E-state index is 9.06. The lowest BCUT2D eigenvalue weighted by Crippen LogP contribution is -1.96. The highest BCUT2D eigenvalue weighted by Gasteiger charge is 2.14. The van der Waals surface area contributed by atoms with Crippen LogP contribution in [-0.2, 0) is 6.42 Å². The van der Waals surface area contributed by atoms with Gasteiger partial charge in [-0.25, -0.2) is 4.98 Å². The van der Waals surface area contributed by atoms with E-state index >= 15 is 0 Å². The highest BCUT2D eigenvalue weighted by atomic mass is 16.2. The predicted molar refractivity (Wildman–Crippen MR) is 119 cm³/mol. The van der Waals surface area contributed by atoms with Crippen LogP contribution in [-0.4, -0.2) is 36.9 Å². The van der Waals surface area contributed by atoms with Crippen LogP contribution < -0.4 is 0 Å². The van der Waals surface area contributed by atoms with Gasteiger partial charge in [-0.1, -0.05) is 18.2 Å². The minimum absolute atomic E-state index is 0.230. The standard InChI is InChI=1S/C24H23N5O/c1-15-17(6-4-5-11-30)13-25-14-19(15)16-9-10-20-18(12-16)23(29-28-20)24-26-21-7-2-3-8-22(21)27-24/h2-3,7-10,12-14,30H,4-6,11H2,1H3,(H,26,27)(H,28,29). The number of para-hydroxylation sites is 2.